The lowest BCUT2D eigenvalue weighted by atomic mass is 10.1. The molecule has 0 radical (unpaired) electrons. The Kier molecular flexibility index (Phi) is 4.04. The molecule has 0 aliphatic carbocycles. The Morgan fingerprint density at radius 3 is 2.85 bits per heavy atom. The van der Waals surface area contributed by atoms with E-state index in [4.69, 9.17) is 4.42 Å². The average Bonchev–Trinajstić information content (AvgIpc) is 3.33. The van der Waals surface area contributed by atoms with Crippen LogP contribution in [0, 0.1) is 6.92 Å². The van der Waals surface area contributed by atoms with Gasteiger partial charge in [-0.1, -0.05) is 0 Å². The molecule has 4 heterocycles. The molecule has 4 rings (SSSR count). The molecule has 0 aliphatic heterocycles. The molecule has 132 valence electrons. The minimum atomic E-state index is -0.247. The topological polar surface area (TPSA) is 85.8 Å². The van der Waals surface area contributed by atoms with Gasteiger partial charge in [0.1, 0.15) is 5.69 Å². The zero-order valence-corrected chi connectivity index (χ0v) is 15.4. The molecule has 8 heteroatoms. The first-order valence-corrected chi connectivity index (χ1v) is 9.06. The number of amides is 1. The number of thiazole rings is 1. The lowest BCUT2D eigenvalue weighted by Crippen LogP contribution is -2.13. The largest absolute Gasteiger partial charge is 0.463 e. The number of aryl methyl sites for hydroxylation is 1. The van der Waals surface area contributed by atoms with Gasteiger partial charge >= 0.3 is 0 Å². The van der Waals surface area contributed by atoms with Crippen molar-refractivity contribution in [3.05, 3.63) is 47.3 Å². The molecule has 0 saturated carbocycles. The maximum Gasteiger partial charge on any atom is 0.258 e. The van der Waals surface area contributed by atoms with Crippen LogP contribution in [0.15, 0.2) is 40.5 Å². The van der Waals surface area contributed by atoms with Crippen molar-refractivity contribution >= 4 is 33.4 Å². The predicted octanol–water partition coefficient (Wildman–Crippen LogP) is 4.29. The molecule has 0 saturated heterocycles. The number of anilines is 1. The normalized spacial score (nSPS) is 11.4. The molecule has 0 atom stereocenters. The second-order valence-electron chi connectivity index (χ2n) is 6.20. The van der Waals surface area contributed by atoms with Crippen LogP contribution >= 0.6 is 11.3 Å². The first-order valence-electron chi connectivity index (χ1n) is 8.18. The van der Waals surface area contributed by atoms with Gasteiger partial charge in [0.15, 0.2) is 16.5 Å². The van der Waals surface area contributed by atoms with Gasteiger partial charge in [0, 0.05) is 11.4 Å². The molecule has 0 spiro atoms. The predicted molar refractivity (Wildman–Crippen MR) is 100 cm³/mol. The Morgan fingerprint density at radius 1 is 1.35 bits per heavy atom. The molecule has 4 aromatic heterocycles. The molecule has 7 nitrogen and oxygen atoms in total. The van der Waals surface area contributed by atoms with E-state index in [9.17, 15) is 4.79 Å². The van der Waals surface area contributed by atoms with Gasteiger partial charge in [0.25, 0.3) is 5.91 Å². The number of aromatic nitrogens is 4. The van der Waals surface area contributed by atoms with Crippen LogP contribution in [0.1, 0.15) is 35.9 Å². The van der Waals surface area contributed by atoms with Crippen molar-refractivity contribution in [1.29, 1.82) is 0 Å². The van der Waals surface area contributed by atoms with Crippen LogP contribution in [0.25, 0.3) is 22.5 Å². The van der Waals surface area contributed by atoms with Crippen LogP contribution in [0.4, 0.5) is 5.13 Å². The second kappa shape index (κ2) is 6.38. The number of nitrogens with one attached hydrogen (secondary N) is 1. The highest BCUT2D eigenvalue weighted by Gasteiger charge is 2.20. The first kappa shape index (κ1) is 16.5. The summed E-state index contributed by atoms with van der Waals surface area (Å²) in [6.07, 6.45) is 3.26. The van der Waals surface area contributed by atoms with E-state index in [0.717, 1.165) is 5.69 Å². The highest BCUT2D eigenvalue weighted by Crippen LogP contribution is 2.27. The van der Waals surface area contributed by atoms with Crippen molar-refractivity contribution in [1.82, 2.24) is 19.7 Å². The van der Waals surface area contributed by atoms with Crippen LogP contribution in [0.5, 0.6) is 0 Å². The van der Waals surface area contributed by atoms with Gasteiger partial charge in [-0.15, -0.1) is 11.3 Å². The molecular formula is C18H17N5O2S. The van der Waals surface area contributed by atoms with E-state index < -0.39 is 0 Å². The quantitative estimate of drug-likeness (QED) is 0.581. The zero-order valence-electron chi connectivity index (χ0n) is 14.6. The number of fused-ring (bicyclic) bond motifs is 1. The Hall–Kier alpha value is -3.00. The van der Waals surface area contributed by atoms with Crippen molar-refractivity contribution < 1.29 is 9.21 Å². The van der Waals surface area contributed by atoms with Crippen molar-refractivity contribution in [3.8, 4) is 11.5 Å². The minimum absolute atomic E-state index is 0.115. The van der Waals surface area contributed by atoms with Gasteiger partial charge < -0.3 is 4.42 Å². The summed E-state index contributed by atoms with van der Waals surface area (Å²) in [5.41, 5.74) is 2.59. The Balaban J connectivity index is 1.85. The van der Waals surface area contributed by atoms with E-state index in [1.807, 2.05) is 32.2 Å². The van der Waals surface area contributed by atoms with Gasteiger partial charge in [-0.3, -0.25) is 10.1 Å². The molecule has 0 bridgehead atoms. The maximum absolute atomic E-state index is 12.9. The standard InChI is InChI=1S/C18H17N5O2S/c1-10(2)23-16-13(8-19-23)12(7-14(21-16)15-5-4-6-25-15)17(24)22-18-20-11(3)9-26-18/h4-10H,1-3H3,(H,20,22,24). The fourth-order valence-corrected chi connectivity index (χ4v) is 3.39. The highest BCUT2D eigenvalue weighted by atomic mass is 32.1. The number of hydrogen-bond donors (Lipinski definition) is 1. The Labute approximate surface area is 153 Å². The molecule has 0 aromatic carbocycles. The van der Waals surface area contributed by atoms with Gasteiger partial charge in [-0.2, -0.15) is 5.10 Å². The van der Waals surface area contributed by atoms with E-state index in [1.54, 1.807) is 29.3 Å². The number of furan rings is 1. The monoisotopic (exact) mass is 367 g/mol. The number of pyridine rings is 1. The van der Waals surface area contributed by atoms with Crippen LogP contribution in [0.3, 0.4) is 0 Å². The minimum Gasteiger partial charge on any atom is -0.463 e. The molecule has 0 unspecified atom stereocenters. The van der Waals surface area contributed by atoms with Crippen molar-refractivity contribution in [3.63, 3.8) is 0 Å². The lowest BCUT2D eigenvalue weighted by Gasteiger charge is -2.09. The summed E-state index contributed by atoms with van der Waals surface area (Å²) in [5.74, 6) is 0.352. The van der Waals surface area contributed by atoms with Crippen LogP contribution in [-0.2, 0) is 0 Å². The number of rotatable bonds is 4. The number of carbonyl (C=O) groups is 1. The molecule has 0 aliphatic rings. The van der Waals surface area contributed by atoms with Gasteiger partial charge in [-0.05, 0) is 39.0 Å². The smallest absolute Gasteiger partial charge is 0.258 e. The SMILES string of the molecule is Cc1csc(NC(=O)c2cc(-c3ccco3)nc3c2cnn3C(C)C)n1. The summed E-state index contributed by atoms with van der Waals surface area (Å²) in [4.78, 5) is 21.9. The van der Waals surface area contributed by atoms with Gasteiger partial charge in [-0.25, -0.2) is 14.6 Å². The van der Waals surface area contributed by atoms with Gasteiger partial charge in [0.2, 0.25) is 0 Å². The molecule has 26 heavy (non-hydrogen) atoms. The summed E-state index contributed by atoms with van der Waals surface area (Å²) >= 11 is 1.39. The highest BCUT2D eigenvalue weighted by molar-refractivity contribution is 7.13. The summed E-state index contributed by atoms with van der Waals surface area (Å²) in [5, 5.41) is 10.4. The molecular weight excluding hydrogens is 350 g/mol. The fourth-order valence-electron chi connectivity index (χ4n) is 2.71. The number of nitrogens with zero attached hydrogens (tertiary/aromatic N) is 4. The van der Waals surface area contributed by atoms with E-state index >= 15 is 0 Å². The number of carbonyl (C=O) groups excluding carboxylic acids is 1. The van der Waals surface area contributed by atoms with Crippen molar-refractivity contribution in [2.24, 2.45) is 0 Å². The van der Waals surface area contributed by atoms with Crippen LogP contribution in [0.2, 0.25) is 0 Å². The first-order chi connectivity index (χ1) is 12.5. The van der Waals surface area contributed by atoms with E-state index in [2.05, 4.69) is 20.4 Å². The molecule has 1 amide bonds. The third kappa shape index (κ3) is 2.88. The molecule has 1 N–H and O–H groups in total. The van der Waals surface area contributed by atoms with E-state index in [-0.39, 0.29) is 11.9 Å². The van der Waals surface area contributed by atoms with Crippen LogP contribution < -0.4 is 5.32 Å². The maximum atomic E-state index is 12.9. The molecule has 0 fully saturated rings. The van der Waals surface area contributed by atoms with Crippen molar-refractivity contribution in [2.45, 2.75) is 26.8 Å². The van der Waals surface area contributed by atoms with E-state index in [1.165, 1.54) is 11.3 Å². The summed E-state index contributed by atoms with van der Waals surface area (Å²) < 4.78 is 7.27. The second-order valence-corrected chi connectivity index (χ2v) is 7.06. The van der Waals surface area contributed by atoms with Crippen LogP contribution in [-0.4, -0.2) is 25.7 Å². The zero-order chi connectivity index (χ0) is 18.3. The lowest BCUT2D eigenvalue weighted by molar-refractivity contribution is 0.102. The summed E-state index contributed by atoms with van der Waals surface area (Å²) in [6.45, 7) is 5.93. The summed E-state index contributed by atoms with van der Waals surface area (Å²) in [7, 11) is 0. The van der Waals surface area contributed by atoms with Gasteiger partial charge in [0.05, 0.1) is 29.1 Å². The average molecular weight is 367 g/mol. The third-order valence-electron chi connectivity index (χ3n) is 3.91. The Morgan fingerprint density at radius 2 is 2.19 bits per heavy atom. The Bertz CT molecular complexity index is 1080. The third-order valence-corrected chi connectivity index (χ3v) is 4.79. The molecule has 4 aromatic rings. The number of hydrogen-bond acceptors (Lipinski definition) is 6. The van der Waals surface area contributed by atoms with Crippen molar-refractivity contribution in [2.75, 3.05) is 5.32 Å². The fraction of sp³-hybridized carbons (Fsp3) is 0.222. The summed E-state index contributed by atoms with van der Waals surface area (Å²) in [6, 6.07) is 5.45. The van der Waals surface area contributed by atoms with E-state index in [0.29, 0.717) is 33.2 Å².